The van der Waals surface area contributed by atoms with Crippen molar-refractivity contribution in [1.82, 2.24) is 0 Å². The number of carbonyl (C=O) groups is 2. The van der Waals surface area contributed by atoms with Gasteiger partial charge in [0, 0.05) is 18.8 Å². The quantitative estimate of drug-likeness (QED) is 0.817. The predicted octanol–water partition coefficient (Wildman–Crippen LogP) is 3.69. The Bertz CT molecular complexity index is 663. The van der Waals surface area contributed by atoms with Gasteiger partial charge in [-0.25, -0.2) is 0 Å². The van der Waals surface area contributed by atoms with Crippen LogP contribution < -0.4 is 0 Å². The van der Waals surface area contributed by atoms with Crippen LogP contribution >= 0.6 is 0 Å². The Kier molecular flexibility index (Phi) is 5.52. The van der Waals surface area contributed by atoms with Crippen LogP contribution in [0.2, 0.25) is 0 Å². The van der Waals surface area contributed by atoms with Crippen LogP contribution in [-0.4, -0.2) is 22.2 Å². The molecule has 0 unspecified atom stereocenters. The molecule has 0 bridgehead atoms. The molecule has 23 heavy (non-hydrogen) atoms. The number of carboxylic acid groups (broad SMARTS) is 2. The van der Waals surface area contributed by atoms with Gasteiger partial charge < -0.3 is 10.2 Å². The Morgan fingerprint density at radius 3 is 1.91 bits per heavy atom. The van der Waals surface area contributed by atoms with Crippen LogP contribution in [0, 0.1) is 12.8 Å². The minimum absolute atomic E-state index is 0.180. The van der Waals surface area contributed by atoms with Gasteiger partial charge in [0.15, 0.2) is 0 Å². The molecule has 0 heterocycles. The lowest BCUT2D eigenvalue weighted by Crippen LogP contribution is -2.22. The van der Waals surface area contributed by atoms with Gasteiger partial charge in [-0.1, -0.05) is 54.6 Å². The van der Waals surface area contributed by atoms with Gasteiger partial charge in [-0.15, -0.1) is 0 Å². The van der Waals surface area contributed by atoms with E-state index in [-0.39, 0.29) is 18.8 Å². The topological polar surface area (TPSA) is 74.6 Å². The largest absolute Gasteiger partial charge is 0.481 e. The summed E-state index contributed by atoms with van der Waals surface area (Å²) in [5.41, 5.74) is 2.95. The lowest BCUT2D eigenvalue weighted by Gasteiger charge is -2.27. The lowest BCUT2D eigenvalue weighted by molar-refractivity contribution is -0.140. The molecule has 2 aromatic rings. The number of rotatable bonds is 7. The third-order valence-electron chi connectivity index (χ3n) is 4.03. The molecule has 0 saturated heterocycles. The average molecular weight is 312 g/mol. The van der Waals surface area contributed by atoms with E-state index < -0.39 is 17.9 Å². The van der Waals surface area contributed by atoms with Crippen LogP contribution in [0.15, 0.2) is 54.6 Å². The molecule has 0 fully saturated rings. The van der Waals surface area contributed by atoms with Crippen molar-refractivity contribution in [1.29, 1.82) is 0 Å². The molecule has 2 N–H and O–H groups in total. The predicted molar refractivity (Wildman–Crippen MR) is 87.5 cm³/mol. The van der Waals surface area contributed by atoms with Crippen molar-refractivity contribution in [2.24, 2.45) is 5.92 Å². The third kappa shape index (κ3) is 4.42. The molecule has 0 saturated carbocycles. The second kappa shape index (κ2) is 7.58. The molecule has 4 heteroatoms. The van der Waals surface area contributed by atoms with Crippen molar-refractivity contribution >= 4 is 11.9 Å². The average Bonchev–Trinajstić information content (AvgIpc) is 2.49. The maximum absolute atomic E-state index is 11.3. The van der Waals surface area contributed by atoms with Crippen LogP contribution in [0.4, 0.5) is 0 Å². The highest BCUT2D eigenvalue weighted by Crippen LogP contribution is 2.37. The van der Waals surface area contributed by atoms with Crippen LogP contribution in [-0.2, 0) is 9.59 Å². The highest BCUT2D eigenvalue weighted by atomic mass is 16.4. The fraction of sp³-hybridized carbons (Fsp3) is 0.263. The Labute approximate surface area is 135 Å². The van der Waals surface area contributed by atoms with Gasteiger partial charge in [0.05, 0.1) is 0 Å². The molecule has 2 rings (SSSR count). The highest BCUT2D eigenvalue weighted by Gasteiger charge is 2.29. The summed E-state index contributed by atoms with van der Waals surface area (Å²) >= 11 is 0. The second-order valence-corrected chi connectivity index (χ2v) is 5.70. The van der Waals surface area contributed by atoms with Crippen LogP contribution in [0.3, 0.4) is 0 Å². The zero-order valence-corrected chi connectivity index (χ0v) is 13.0. The molecule has 2 aromatic carbocycles. The van der Waals surface area contributed by atoms with Crippen molar-refractivity contribution < 1.29 is 19.8 Å². The van der Waals surface area contributed by atoms with Crippen LogP contribution in [0.5, 0.6) is 0 Å². The third-order valence-corrected chi connectivity index (χ3v) is 4.03. The molecular formula is C19H20O4. The van der Waals surface area contributed by atoms with Crippen molar-refractivity contribution in [2.45, 2.75) is 25.7 Å². The van der Waals surface area contributed by atoms with Crippen molar-refractivity contribution in [3.63, 3.8) is 0 Å². The van der Waals surface area contributed by atoms with E-state index in [1.807, 2.05) is 61.5 Å². The molecule has 4 nitrogen and oxygen atoms in total. The Morgan fingerprint density at radius 2 is 1.39 bits per heavy atom. The standard InChI is InChI=1S/C19H20O4/c1-13-7-5-6-10-16(13)19(14-8-3-2-4-9-14)15(11-17(20)21)12-18(22)23/h2-10,15,19H,11-12H2,1H3,(H,20,21)(H,22,23)/t19-/m1/s1. The molecule has 1 atom stereocenters. The summed E-state index contributed by atoms with van der Waals surface area (Å²) in [7, 11) is 0. The van der Waals surface area contributed by atoms with Crippen LogP contribution in [0.25, 0.3) is 0 Å². The maximum atomic E-state index is 11.3. The van der Waals surface area contributed by atoms with E-state index in [4.69, 9.17) is 0 Å². The van der Waals surface area contributed by atoms with Gasteiger partial charge in [0.25, 0.3) is 0 Å². The maximum Gasteiger partial charge on any atom is 0.303 e. The Balaban J connectivity index is 2.53. The van der Waals surface area contributed by atoms with Gasteiger partial charge >= 0.3 is 11.9 Å². The van der Waals surface area contributed by atoms with E-state index in [1.165, 1.54) is 0 Å². The summed E-state index contributed by atoms with van der Waals surface area (Å²) in [5.74, 6) is -2.73. The molecule has 0 aliphatic rings. The molecular weight excluding hydrogens is 292 g/mol. The minimum Gasteiger partial charge on any atom is -0.481 e. The fourth-order valence-electron chi connectivity index (χ4n) is 3.06. The van der Waals surface area contributed by atoms with Gasteiger partial charge in [0.2, 0.25) is 0 Å². The molecule has 0 amide bonds. The minimum atomic E-state index is -0.981. The summed E-state index contributed by atoms with van der Waals surface area (Å²) in [6, 6.07) is 17.2. The normalized spacial score (nSPS) is 12.1. The second-order valence-electron chi connectivity index (χ2n) is 5.70. The Hall–Kier alpha value is -2.62. The van der Waals surface area contributed by atoms with Gasteiger partial charge in [0.1, 0.15) is 0 Å². The van der Waals surface area contributed by atoms with E-state index in [9.17, 15) is 19.8 Å². The number of aryl methyl sites for hydroxylation is 1. The summed E-state index contributed by atoms with van der Waals surface area (Å²) in [6.45, 7) is 1.96. The summed E-state index contributed by atoms with van der Waals surface area (Å²) in [6.07, 6.45) is -0.361. The first-order chi connectivity index (χ1) is 11.0. The first-order valence-corrected chi connectivity index (χ1v) is 7.53. The first-order valence-electron chi connectivity index (χ1n) is 7.53. The van der Waals surface area contributed by atoms with E-state index in [0.29, 0.717) is 0 Å². The Morgan fingerprint density at radius 1 is 0.870 bits per heavy atom. The van der Waals surface area contributed by atoms with Gasteiger partial charge in [-0.3, -0.25) is 9.59 Å². The summed E-state index contributed by atoms with van der Waals surface area (Å²) in [4.78, 5) is 22.5. The lowest BCUT2D eigenvalue weighted by atomic mass is 9.76. The summed E-state index contributed by atoms with van der Waals surface area (Å²) in [5, 5.41) is 18.4. The van der Waals surface area contributed by atoms with Crippen LogP contribution in [0.1, 0.15) is 35.4 Å². The number of aliphatic carboxylic acids is 2. The molecule has 0 spiro atoms. The number of hydrogen-bond donors (Lipinski definition) is 2. The molecule has 0 aromatic heterocycles. The number of benzene rings is 2. The zero-order valence-electron chi connectivity index (χ0n) is 13.0. The van der Waals surface area contributed by atoms with E-state index in [2.05, 4.69) is 0 Å². The first kappa shape index (κ1) is 16.7. The summed E-state index contributed by atoms with van der Waals surface area (Å²) < 4.78 is 0. The molecule has 0 aliphatic heterocycles. The van der Waals surface area contributed by atoms with E-state index >= 15 is 0 Å². The van der Waals surface area contributed by atoms with Crippen molar-refractivity contribution in [2.75, 3.05) is 0 Å². The number of carboxylic acids is 2. The van der Waals surface area contributed by atoms with Crippen molar-refractivity contribution in [3.8, 4) is 0 Å². The molecule has 0 radical (unpaired) electrons. The fourth-order valence-corrected chi connectivity index (χ4v) is 3.06. The van der Waals surface area contributed by atoms with E-state index in [0.717, 1.165) is 16.7 Å². The van der Waals surface area contributed by atoms with Gasteiger partial charge in [-0.05, 0) is 29.5 Å². The van der Waals surface area contributed by atoms with E-state index in [1.54, 1.807) is 0 Å². The number of hydrogen-bond acceptors (Lipinski definition) is 2. The smallest absolute Gasteiger partial charge is 0.303 e. The monoisotopic (exact) mass is 312 g/mol. The molecule has 120 valence electrons. The van der Waals surface area contributed by atoms with Gasteiger partial charge in [-0.2, -0.15) is 0 Å². The van der Waals surface area contributed by atoms with Crippen molar-refractivity contribution in [3.05, 3.63) is 71.3 Å². The zero-order chi connectivity index (χ0) is 16.8. The SMILES string of the molecule is Cc1ccccc1[C@H](c1ccccc1)C(CC(=O)O)CC(=O)O. The highest BCUT2D eigenvalue weighted by molar-refractivity contribution is 5.71. The molecule has 0 aliphatic carbocycles.